The van der Waals surface area contributed by atoms with E-state index in [4.69, 9.17) is 14.2 Å². The first-order valence-corrected chi connectivity index (χ1v) is 13.8. The summed E-state index contributed by atoms with van der Waals surface area (Å²) in [5.41, 5.74) is -1.46. The van der Waals surface area contributed by atoms with Crippen molar-refractivity contribution in [3.8, 4) is 11.5 Å². The zero-order valence-corrected chi connectivity index (χ0v) is 23.5. The maximum absolute atomic E-state index is 14.9. The zero-order chi connectivity index (χ0) is 31.3. The Labute approximate surface area is 244 Å². The third kappa shape index (κ3) is 7.63. The Bertz CT molecular complexity index is 1420. The van der Waals surface area contributed by atoms with E-state index < -0.39 is 35.2 Å². The Kier molecular flexibility index (Phi) is 9.92. The number of anilines is 1. The maximum atomic E-state index is 14.9. The number of allylic oxidation sites excluding steroid dienone is 1. The van der Waals surface area contributed by atoms with Crippen molar-refractivity contribution in [3.05, 3.63) is 64.4 Å². The number of rotatable bonds is 9. The number of hydrogen-bond acceptors (Lipinski definition) is 6. The molecule has 8 nitrogen and oxygen atoms in total. The molecule has 1 fully saturated rings. The van der Waals surface area contributed by atoms with Crippen LogP contribution in [-0.4, -0.2) is 37.6 Å². The van der Waals surface area contributed by atoms with Crippen LogP contribution < -0.4 is 20.1 Å². The van der Waals surface area contributed by atoms with E-state index in [-0.39, 0.29) is 65.0 Å². The summed E-state index contributed by atoms with van der Waals surface area (Å²) in [5.74, 6) is -4.46. The highest BCUT2D eigenvalue weighted by molar-refractivity contribution is 6.06. The fourth-order valence-electron chi connectivity index (χ4n) is 5.19. The Hall–Kier alpha value is -4.16. The number of amides is 2. The summed E-state index contributed by atoms with van der Waals surface area (Å²) in [6.45, 7) is 2.02. The molecule has 2 aliphatic carbocycles. The normalized spacial score (nSPS) is 18.7. The molecule has 0 radical (unpaired) electrons. The van der Waals surface area contributed by atoms with E-state index >= 15 is 0 Å². The van der Waals surface area contributed by atoms with Crippen LogP contribution in [0.4, 0.5) is 27.6 Å². The van der Waals surface area contributed by atoms with E-state index in [2.05, 4.69) is 10.6 Å². The first-order chi connectivity index (χ1) is 20.4. The SMILES string of the molecule is CCOC(=O)[C@H]1CC[C@@H](Oc2cc(C(=O)NC3=C(C(=O)Nc4ccc(F)c(C(F)(F)F)c4)CCC3)c(OC)cc2F)CC1. The average molecular weight is 611 g/mol. The van der Waals surface area contributed by atoms with Crippen molar-refractivity contribution in [2.45, 2.75) is 64.1 Å². The number of halogens is 5. The van der Waals surface area contributed by atoms with Crippen LogP contribution in [0.2, 0.25) is 0 Å². The number of ether oxygens (including phenoxy) is 3. The highest BCUT2D eigenvalue weighted by Gasteiger charge is 2.35. The standard InChI is InChI=1S/C30H31F5N2O6/c1-3-42-29(40)16-7-10-18(11-8-16)43-26-14-20(25(41-2)15-23(26)32)28(39)37-24-6-4-5-19(24)27(38)36-17-9-12-22(31)21(13-17)30(33,34)35/h9,12-16,18H,3-8,10-11H2,1-2H3,(H,36,38)(H,37,39)/t16-,18+. The predicted octanol–water partition coefficient (Wildman–Crippen LogP) is 6.30. The van der Waals surface area contributed by atoms with Crippen molar-refractivity contribution in [1.82, 2.24) is 5.32 Å². The van der Waals surface area contributed by atoms with Crippen molar-refractivity contribution in [3.63, 3.8) is 0 Å². The lowest BCUT2D eigenvalue weighted by molar-refractivity contribution is -0.149. The summed E-state index contributed by atoms with van der Waals surface area (Å²) in [4.78, 5) is 38.2. The topological polar surface area (TPSA) is 103 Å². The number of alkyl halides is 3. The molecule has 0 heterocycles. The van der Waals surface area contributed by atoms with Gasteiger partial charge in [-0.1, -0.05) is 0 Å². The molecule has 0 saturated heterocycles. The summed E-state index contributed by atoms with van der Waals surface area (Å²) in [6.07, 6.45) is -2.32. The molecule has 1 saturated carbocycles. The van der Waals surface area contributed by atoms with Crippen LogP contribution in [0.15, 0.2) is 41.6 Å². The first kappa shape index (κ1) is 31.8. The molecule has 0 spiro atoms. The second-order valence-electron chi connectivity index (χ2n) is 10.2. The highest BCUT2D eigenvalue weighted by Crippen LogP contribution is 2.35. The summed E-state index contributed by atoms with van der Waals surface area (Å²) in [5, 5.41) is 4.97. The lowest BCUT2D eigenvalue weighted by Gasteiger charge is -2.28. The van der Waals surface area contributed by atoms with E-state index in [1.54, 1.807) is 6.92 Å². The summed E-state index contributed by atoms with van der Waals surface area (Å²) >= 11 is 0. The first-order valence-electron chi connectivity index (χ1n) is 13.8. The number of methoxy groups -OCH3 is 1. The lowest BCUT2D eigenvalue weighted by Crippen LogP contribution is -2.29. The van der Waals surface area contributed by atoms with Crippen LogP contribution in [0.3, 0.4) is 0 Å². The number of benzene rings is 2. The highest BCUT2D eigenvalue weighted by atomic mass is 19.4. The van der Waals surface area contributed by atoms with Gasteiger partial charge in [-0.3, -0.25) is 14.4 Å². The van der Waals surface area contributed by atoms with Gasteiger partial charge in [0.1, 0.15) is 11.6 Å². The van der Waals surface area contributed by atoms with Crippen molar-refractivity contribution in [2.24, 2.45) is 5.92 Å². The Morgan fingerprint density at radius 1 is 0.907 bits per heavy atom. The minimum Gasteiger partial charge on any atom is -0.496 e. The minimum absolute atomic E-state index is 0.0633. The molecule has 0 atom stereocenters. The van der Waals surface area contributed by atoms with Gasteiger partial charge >= 0.3 is 12.1 Å². The van der Waals surface area contributed by atoms with Gasteiger partial charge in [-0.2, -0.15) is 13.2 Å². The second-order valence-corrected chi connectivity index (χ2v) is 10.2. The molecule has 13 heteroatoms. The fraction of sp³-hybridized carbons (Fsp3) is 0.433. The van der Waals surface area contributed by atoms with Gasteiger partial charge < -0.3 is 24.8 Å². The van der Waals surface area contributed by atoms with Gasteiger partial charge in [0.05, 0.1) is 36.9 Å². The van der Waals surface area contributed by atoms with Crippen molar-refractivity contribution in [2.75, 3.05) is 19.0 Å². The monoisotopic (exact) mass is 610 g/mol. The molecular weight excluding hydrogens is 579 g/mol. The van der Waals surface area contributed by atoms with Crippen LogP contribution in [0, 0.1) is 17.6 Å². The molecular formula is C30H31F5N2O6. The Morgan fingerprint density at radius 2 is 1.63 bits per heavy atom. The van der Waals surface area contributed by atoms with Gasteiger partial charge in [0.15, 0.2) is 11.6 Å². The van der Waals surface area contributed by atoms with Crippen LogP contribution in [0.25, 0.3) is 0 Å². The molecule has 0 aromatic heterocycles. The van der Waals surface area contributed by atoms with Gasteiger partial charge in [0.25, 0.3) is 11.8 Å². The predicted molar refractivity (Wildman–Crippen MR) is 144 cm³/mol. The van der Waals surface area contributed by atoms with E-state index in [0.29, 0.717) is 50.7 Å². The second kappa shape index (κ2) is 13.4. The number of esters is 1. The zero-order valence-electron chi connectivity index (χ0n) is 23.5. The third-order valence-electron chi connectivity index (χ3n) is 7.37. The molecule has 0 aliphatic heterocycles. The van der Waals surface area contributed by atoms with E-state index in [1.807, 2.05) is 0 Å². The molecule has 4 rings (SSSR count). The van der Waals surface area contributed by atoms with Crippen molar-refractivity contribution in [1.29, 1.82) is 0 Å². The molecule has 2 N–H and O–H groups in total. The summed E-state index contributed by atoms with van der Waals surface area (Å²) in [7, 11) is 1.26. The Morgan fingerprint density at radius 3 is 2.28 bits per heavy atom. The molecule has 232 valence electrons. The van der Waals surface area contributed by atoms with E-state index in [9.17, 15) is 36.3 Å². The molecule has 2 aromatic carbocycles. The maximum Gasteiger partial charge on any atom is 0.419 e. The fourth-order valence-corrected chi connectivity index (χ4v) is 5.19. The van der Waals surface area contributed by atoms with E-state index in [1.165, 1.54) is 13.2 Å². The molecule has 0 bridgehead atoms. The molecule has 0 unspecified atom stereocenters. The largest absolute Gasteiger partial charge is 0.496 e. The van der Waals surface area contributed by atoms with Crippen LogP contribution in [-0.2, 0) is 20.5 Å². The third-order valence-corrected chi connectivity index (χ3v) is 7.37. The summed E-state index contributed by atoms with van der Waals surface area (Å²) in [6, 6.07) is 4.32. The molecule has 2 aliphatic rings. The van der Waals surface area contributed by atoms with Gasteiger partial charge in [0.2, 0.25) is 0 Å². The number of nitrogens with one attached hydrogen (secondary N) is 2. The van der Waals surface area contributed by atoms with Gasteiger partial charge in [-0.05, 0) is 76.1 Å². The van der Waals surface area contributed by atoms with Gasteiger partial charge in [-0.25, -0.2) is 8.78 Å². The molecule has 2 amide bonds. The lowest BCUT2D eigenvalue weighted by atomic mass is 9.87. The summed E-state index contributed by atoms with van der Waals surface area (Å²) < 4.78 is 83.9. The Balaban J connectivity index is 1.48. The number of hydrogen-bond donors (Lipinski definition) is 2. The minimum atomic E-state index is -4.95. The molecule has 2 aromatic rings. The van der Waals surface area contributed by atoms with Crippen LogP contribution in [0.1, 0.15) is 67.8 Å². The van der Waals surface area contributed by atoms with Crippen LogP contribution >= 0.6 is 0 Å². The smallest absolute Gasteiger partial charge is 0.419 e. The van der Waals surface area contributed by atoms with Gasteiger partial charge in [0, 0.05) is 23.0 Å². The number of carbonyl (C=O) groups excluding carboxylic acids is 3. The van der Waals surface area contributed by atoms with Crippen molar-refractivity contribution < 1.29 is 50.5 Å². The number of carbonyl (C=O) groups is 3. The molecule has 43 heavy (non-hydrogen) atoms. The van der Waals surface area contributed by atoms with E-state index in [0.717, 1.165) is 12.1 Å². The quantitative estimate of drug-likeness (QED) is 0.255. The van der Waals surface area contributed by atoms with Gasteiger partial charge in [-0.15, -0.1) is 0 Å². The van der Waals surface area contributed by atoms with Crippen molar-refractivity contribution >= 4 is 23.5 Å². The average Bonchev–Trinajstić information content (AvgIpc) is 3.43. The van der Waals surface area contributed by atoms with Crippen LogP contribution in [0.5, 0.6) is 11.5 Å².